The van der Waals surface area contributed by atoms with Gasteiger partial charge in [-0.2, -0.15) is 0 Å². The first kappa shape index (κ1) is 13.6. The lowest BCUT2D eigenvalue weighted by Crippen LogP contribution is -2.47. The molecular formula is C15H19N5O. The molecule has 2 aromatic rings. The first-order valence-corrected chi connectivity index (χ1v) is 7.04. The lowest BCUT2D eigenvalue weighted by atomic mass is 10.2. The molecule has 3 rings (SSSR count). The van der Waals surface area contributed by atoms with Crippen molar-refractivity contribution in [2.24, 2.45) is 0 Å². The topological polar surface area (TPSA) is 54.4 Å². The van der Waals surface area contributed by atoms with Gasteiger partial charge in [-0.25, -0.2) is 9.97 Å². The number of nitrogens with zero attached hydrogens (tertiary/aromatic N) is 5. The van der Waals surface area contributed by atoms with Gasteiger partial charge in [0, 0.05) is 50.3 Å². The number of methoxy groups -OCH3 is 1. The molecule has 2 aromatic heterocycles. The van der Waals surface area contributed by atoms with E-state index in [9.17, 15) is 0 Å². The monoisotopic (exact) mass is 285 g/mol. The Balaban J connectivity index is 1.69. The number of rotatable bonds is 3. The van der Waals surface area contributed by atoms with Crippen LogP contribution in [-0.2, 0) is 0 Å². The van der Waals surface area contributed by atoms with Crippen LogP contribution < -0.4 is 14.5 Å². The van der Waals surface area contributed by atoms with E-state index in [0.717, 1.165) is 32.0 Å². The molecule has 0 bridgehead atoms. The zero-order chi connectivity index (χ0) is 14.7. The van der Waals surface area contributed by atoms with Crippen molar-refractivity contribution >= 4 is 11.5 Å². The summed E-state index contributed by atoms with van der Waals surface area (Å²) >= 11 is 0. The molecule has 0 atom stereocenters. The van der Waals surface area contributed by atoms with Gasteiger partial charge in [0.2, 0.25) is 5.88 Å². The summed E-state index contributed by atoms with van der Waals surface area (Å²) in [5.41, 5.74) is 2.49. The first-order chi connectivity index (χ1) is 10.3. The van der Waals surface area contributed by atoms with Crippen LogP contribution in [0, 0.1) is 6.92 Å². The number of aryl methyl sites for hydroxylation is 1. The van der Waals surface area contributed by atoms with Crippen molar-refractivity contribution < 1.29 is 4.74 Å². The fourth-order valence-electron chi connectivity index (χ4n) is 2.61. The number of anilines is 2. The third-order valence-corrected chi connectivity index (χ3v) is 3.77. The SMILES string of the molecule is COc1cc(N2CCN(c3ccncc3C)CC2)ncn1. The van der Waals surface area contributed by atoms with Crippen molar-refractivity contribution in [3.8, 4) is 5.88 Å². The number of aromatic nitrogens is 3. The Morgan fingerprint density at radius 3 is 2.57 bits per heavy atom. The summed E-state index contributed by atoms with van der Waals surface area (Å²) in [5.74, 6) is 1.53. The first-order valence-electron chi connectivity index (χ1n) is 7.04. The molecule has 110 valence electrons. The molecule has 0 unspecified atom stereocenters. The summed E-state index contributed by atoms with van der Waals surface area (Å²) in [4.78, 5) is 17.2. The highest BCUT2D eigenvalue weighted by atomic mass is 16.5. The summed E-state index contributed by atoms with van der Waals surface area (Å²) in [5, 5.41) is 0. The highest BCUT2D eigenvalue weighted by molar-refractivity contribution is 5.53. The molecule has 0 amide bonds. The molecule has 1 fully saturated rings. The van der Waals surface area contributed by atoms with Gasteiger partial charge >= 0.3 is 0 Å². The van der Waals surface area contributed by atoms with Crippen LogP contribution in [0.3, 0.4) is 0 Å². The molecule has 0 spiro atoms. The Hall–Kier alpha value is -2.37. The lowest BCUT2D eigenvalue weighted by Gasteiger charge is -2.37. The molecule has 6 heteroatoms. The van der Waals surface area contributed by atoms with E-state index < -0.39 is 0 Å². The van der Waals surface area contributed by atoms with E-state index in [0.29, 0.717) is 5.88 Å². The molecule has 0 aliphatic carbocycles. The van der Waals surface area contributed by atoms with Gasteiger partial charge in [-0.1, -0.05) is 0 Å². The Kier molecular flexibility index (Phi) is 3.85. The predicted molar refractivity (Wildman–Crippen MR) is 82.0 cm³/mol. The Morgan fingerprint density at radius 1 is 1.10 bits per heavy atom. The van der Waals surface area contributed by atoms with Crippen LogP contribution in [0.1, 0.15) is 5.56 Å². The number of ether oxygens (including phenoxy) is 1. The van der Waals surface area contributed by atoms with Crippen LogP contribution in [0.5, 0.6) is 5.88 Å². The van der Waals surface area contributed by atoms with E-state index in [1.165, 1.54) is 11.3 Å². The van der Waals surface area contributed by atoms with Gasteiger partial charge in [-0.3, -0.25) is 4.98 Å². The van der Waals surface area contributed by atoms with Crippen molar-refractivity contribution in [3.05, 3.63) is 36.4 Å². The minimum absolute atomic E-state index is 0.604. The van der Waals surface area contributed by atoms with Crippen LogP contribution in [0.2, 0.25) is 0 Å². The number of piperazine rings is 1. The normalized spacial score (nSPS) is 15.1. The highest BCUT2D eigenvalue weighted by Gasteiger charge is 2.19. The van der Waals surface area contributed by atoms with Gasteiger partial charge in [0.25, 0.3) is 0 Å². The average Bonchev–Trinajstić information content (AvgIpc) is 2.56. The maximum atomic E-state index is 5.16. The fraction of sp³-hybridized carbons (Fsp3) is 0.400. The largest absolute Gasteiger partial charge is 0.481 e. The van der Waals surface area contributed by atoms with E-state index in [-0.39, 0.29) is 0 Å². The van der Waals surface area contributed by atoms with E-state index in [4.69, 9.17) is 4.74 Å². The van der Waals surface area contributed by atoms with E-state index >= 15 is 0 Å². The maximum absolute atomic E-state index is 5.16. The van der Waals surface area contributed by atoms with Crippen LogP contribution in [-0.4, -0.2) is 48.2 Å². The molecule has 0 radical (unpaired) electrons. The summed E-state index contributed by atoms with van der Waals surface area (Å²) in [7, 11) is 1.62. The summed E-state index contributed by atoms with van der Waals surface area (Å²) in [6.45, 7) is 5.90. The van der Waals surface area contributed by atoms with Gasteiger partial charge in [0.1, 0.15) is 12.1 Å². The molecular weight excluding hydrogens is 266 g/mol. The molecule has 0 aromatic carbocycles. The van der Waals surface area contributed by atoms with Gasteiger partial charge < -0.3 is 14.5 Å². The number of hydrogen-bond acceptors (Lipinski definition) is 6. The van der Waals surface area contributed by atoms with Gasteiger partial charge in [0.05, 0.1) is 7.11 Å². The molecule has 1 aliphatic rings. The average molecular weight is 285 g/mol. The highest BCUT2D eigenvalue weighted by Crippen LogP contribution is 2.22. The Morgan fingerprint density at radius 2 is 1.86 bits per heavy atom. The standard InChI is InChI=1S/C15H19N5O/c1-12-10-16-4-3-13(12)19-5-7-20(8-6-19)14-9-15(21-2)18-11-17-14/h3-4,9-11H,5-8H2,1-2H3. The molecule has 1 saturated heterocycles. The molecule has 3 heterocycles. The number of pyridine rings is 1. The number of hydrogen-bond donors (Lipinski definition) is 0. The molecule has 21 heavy (non-hydrogen) atoms. The van der Waals surface area contributed by atoms with Crippen molar-refractivity contribution in [1.82, 2.24) is 15.0 Å². The van der Waals surface area contributed by atoms with Crippen molar-refractivity contribution in [2.75, 3.05) is 43.1 Å². The fourth-order valence-corrected chi connectivity index (χ4v) is 2.61. The molecule has 0 saturated carbocycles. The summed E-state index contributed by atoms with van der Waals surface area (Å²) < 4.78 is 5.16. The Bertz CT molecular complexity index is 611. The predicted octanol–water partition coefficient (Wildman–Crippen LogP) is 1.52. The maximum Gasteiger partial charge on any atom is 0.218 e. The van der Waals surface area contributed by atoms with Crippen molar-refractivity contribution in [1.29, 1.82) is 0 Å². The quantitative estimate of drug-likeness (QED) is 0.852. The van der Waals surface area contributed by atoms with E-state index in [1.807, 2.05) is 18.5 Å². The second kappa shape index (κ2) is 5.95. The van der Waals surface area contributed by atoms with Crippen LogP contribution in [0.4, 0.5) is 11.5 Å². The van der Waals surface area contributed by atoms with Crippen molar-refractivity contribution in [2.45, 2.75) is 6.92 Å². The summed E-state index contributed by atoms with van der Waals surface area (Å²) in [6.07, 6.45) is 5.31. The van der Waals surface area contributed by atoms with E-state index in [1.54, 1.807) is 13.4 Å². The molecule has 6 nitrogen and oxygen atoms in total. The van der Waals surface area contributed by atoms with Gasteiger partial charge in [0.15, 0.2) is 0 Å². The summed E-state index contributed by atoms with van der Waals surface area (Å²) in [6, 6.07) is 3.96. The third kappa shape index (κ3) is 2.89. The minimum atomic E-state index is 0.604. The third-order valence-electron chi connectivity index (χ3n) is 3.77. The van der Waals surface area contributed by atoms with Gasteiger partial charge in [-0.15, -0.1) is 0 Å². The van der Waals surface area contributed by atoms with Gasteiger partial charge in [-0.05, 0) is 18.6 Å². The second-order valence-corrected chi connectivity index (χ2v) is 5.05. The second-order valence-electron chi connectivity index (χ2n) is 5.05. The zero-order valence-corrected chi connectivity index (χ0v) is 12.4. The smallest absolute Gasteiger partial charge is 0.218 e. The molecule has 1 aliphatic heterocycles. The molecule has 0 N–H and O–H groups in total. The van der Waals surface area contributed by atoms with E-state index in [2.05, 4.69) is 37.7 Å². The van der Waals surface area contributed by atoms with Crippen LogP contribution in [0.15, 0.2) is 30.9 Å². The van der Waals surface area contributed by atoms with Crippen LogP contribution in [0.25, 0.3) is 0 Å². The van der Waals surface area contributed by atoms with Crippen LogP contribution >= 0.6 is 0 Å². The van der Waals surface area contributed by atoms with Crippen molar-refractivity contribution in [3.63, 3.8) is 0 Å². The zero-order valence-electron chi connectivity index (χ0n) is 12.4. The Labute approximate surface area is 124 Å². The minimum Gasteiger partial charge on any atom is -0.481 e. The lowest BCUT2D eigenvalue weighted by molar-refractivity contribution is 0.396.